The Bertz CT molecular complexity index is 991. The molecule has 7 nitrogen and oxygen atoms in total. The van der Waals surface area contributed by atoms with Crippen LogP contribution in [0.25, 0.3) is 5.65 Å². The van der Waals surface area contributed by atoms with Gasteiger partial charge in [-0.15, -0.1) is 15.3 Å². The Morgan fingerprint density at radius 1 is 1.15 bits per heavy atom. The SMILES string of the molecule is CC(C)Cc1nnc2c(=O)n3c(nn12)CN(Cc1ccc(Cl)cc1)CC3. The molecule has 0 N–H and O–H groups in total. The second-order valence-electron chi connectivity index (χ2n) is 7.16. The van der Waals surface area contributed by atoms with Crippen molar-refractivity contribution in [3.8, 4) is 0 Å². The molecule has 0 bridgehead atoms. The van der Waals surface area contributed by atoms with E-state index >= 15 is 0 Å². The Balaban J connectivity index is 1.64. The third-order valence-electron chi connectivity index (χ3n) is 4.58. The van der Waals surface area contributed by atoms with Crippen molar-refractivity contribution < 1.29 is 0 Å². The van der Waals surface area contributed by atoms with Crippen LogP contribution in [0.1, 0.15) is 31.1 Å². The zero-order valence-corrected chi connectivity index (χ0v) is 15.6. The van der Waals surface area contributed by atoms with Crippen LogP contribution >= 0.6 is 11.6 Å². The first-order valence-corrected chi connectivity index (χ1v) is 9.20. The van der Waals surface area contributed by atoms with Crippen LogP contribution < -0.4 is 5.56 Å². The number of benzene rings is 1. The maximum Gasteiger partial charge on any atom is 0.299 e. The van der Waals surface area contributed by atoms with Gasteiger partial charge in [-0.05, 0) is 23.6 Å². The highest BCUT2D eigenvalue weighted by Gasteiger charge is 2.22. The Morgan fingerprint density at radius 3 is 2.65 bits per heavy atom. The predicted molar refractivity (Wildman–Crippen MR) is 99.2 cm³/mol. The minimum absolute atomic E-state index is 0.108. The number of hydrogen-bond donors (Lipinski definition) is 0. The number of hydrogen-bond acceptors (Lipinski definition) is 5. The fourth-order valence-electron chi connectivity index (χ4n) is 3.30. The topological polar surface area (TPSA) is 68.3 Å². The molecule has 0 atom stereocenters. The Kier molecular flexibility index (Phi) is 4.50. The largest absolute Gasteiger partial charge is 0.299 e. The molecule has 26 heavy (non-hydrogen) atoms. The van der Waals surface area contributed by atoms with E-state index in [0.29, 0.717) is 24.7 Å². The first-order chi connectivity index (χ1) is 12.5. The van der Waals surface area contributed by atoms with Gasteiger partial charge in [0.15, 0.2) is 5.82 Å². The molecule has 0 saturated carbocycles. The molecule has 0 saturated heterocycles. The summed E-state index contributed by atoms with van der Waals surface area (Å²) in [6, 6.07) is 7.86. The summed E-state index contributed by atoms with van der Waals surface area (Å²) in [5.74, 6) is 1.92. The lowest BCUT2D eigenvalue weighted by atomic mass is 10.1. The highest BCUT2D eigenvalue weighted by Crippen LogP contribution is 2.15. The van der Waals surface area contributed by atoms with Crippen LogP contribution in [0.3, 0.4) is 0 Å². The molecular weight excluding hydrogens is 352 g/mol. The van der Waals surface area contributed by atoms with Crippen LogP contribution in [0.2, 0.25) is 5.02 Å². The van der Waals surface area contributed by atoms with Crippen molar-refractivity contribution in [2.45, 2.75) is 39.9 Å². The third-order valence-corrected chi connectivity index (χ3v) is 4.84. The van der Waals surface area contributed by atoms with E-state index in [1.165, 1.54) is 5.56 Å². The minimum Gasteiger partial charge on any atom is -0.290 e. The van der Waals surface area contributed by atoms with Crippen molar-refractivity contribution >= 4 is 17.2 Å². The Labute approximate surface area is 156 Å². The van der Waals surface area contributed by atoms with Crippen molar-refractivity contribution in [1.82, 2.24) is 29.3 Å². The minimum atomic E-state index is -0.108. The summed E-state index contributed by atoms with van der Waals surface area (Å²) < 4.78 is 3.35. The van der Waals surface area contributed by atoms with Crippen LogP contribution in [0.15, 0.2) is 29.1 Å². The van der Waals surface area contributed by atoms with Gasteiger partial charge in [0, 0.05) is 31.1 Å². The summed E-state index contributed by atoms with van der Waals surface area (Å²) in [6.07, 6.45) is 0.742. The van der Waals surface area contributed by atoms with E-state index in [-0.39, 0.29) is 5.56 Å². The monoisotopic (exact) mass is 372 g/mol. The van der Waals surface area contributed by atoms with Crippen LogP contribution in [0.4, 0.5) is 0 Å². The molecule has 1 aromatic carbocycles. The van der Waals surface area contributed by atoms with Crippen molar-refractivity contribution in [3.63, 3.8) is 0 Å². The molecule has 1 aliphatic heterocycles. The van der Waals surface area contributed by atoms with Crippen molar-refractivity contribution in [2.24, 2.45) is 5.92 Å². The smallest absolute Gasteiger partial charge is 0.290 e. The Morgan fingerprint density at radius 2 is 1.92 bits per heavy atom. The first kappa shape index (κ1) is 17.2. The van der Waals surface area contributed by atoms with Gasteiger partial charge in [0.2, 0.25) is 5.65 Å². The number of rotatable bonds is 4. The molecule has 1 aliphatic rings. The average Bonchev–Trinajstić information content (AvgIpc) is 2.99. The quantitative estimate of drug-likeness (QED) is 0.702. The van der Waals surface area contributed by atoms with Crippen molar-refractivity contribution in [1.29, 1.82) is 0 Å². The van der Waals surface area contributed by atoms with Crippen molar-refractivity contribution in [2.75, 3.05) is 6.54 Å². The molecular formula is C18H21ClN6O. The lowest BCUT2D eigenvalue weighted by Crippen LogP contribution is -2.40. The zero-order chi connectivity index (χ0) is 18.3. The molecule has 0 unspecified atom stereocenters. The molecule has 4 rings (SSSR count). The van der Waals surface area contributed by atoms with Crippen molar-refractivity contribution in [3.05, 3.63) is 56.9 Å². The maximum absolute atomic E-state index is 12.7. The van der Waals surface area contributed by atoms with Crippen LogP contribution in [0, 0.1) is 5.92 Å². The highest BCUT2D eigenvalue weighted by molar-refractivity contribution is 6.30. The molecule has 0 aliphatic carbocycles. The third kappa shape index (κ3) is 3.24. The fourth-order valence-corrected chi connectivity index (χ4v) is 3.43. The standard InChI is InChI=1S/C18H21ClN6O/c1-12(2)9-15-20-21-17-18(26)24-8-7-23(11-16(24)22-25(15)17)10-13-3-5-14(19)6-4-13/h3-6,12H,7-11H2,1-2H3. The van der Waals surface area contributed by atoms with Gasteiger partial charge in [0.25, 0.3) is 5.56 Å². The van der Waals surface area contributed by atoms with E-state index in [0.717, 1.165) is 36.2 Å². The fraction of sp³-hybridized carbons (Fsp3) is 0.444. The van der Waals surface area contributed by atoms with Gasteiger partial charge in [-0.1, -0.05) is 37.6 Å². The van der Waals surface area contributed by atoms with Gasteiger partial charge >= 0.3 is 0 Å². The lowest BCUT2D eigenvalue weighted by molar-refractivity contribution is 0.201. The first-order valence-electron chi connectivity index (χ1n) is 8.82. The molecule has 0 radical (unpaired) electrons. The van der Waals surface area contributed by atoms with E-state index in [1.54, 1.807) is 9.08 Å². The second kappa shape index (κ2) is 6.81. The molecule has 0 amide bonds. The normalized spacial score (nSPS) is 14.9. The molecule has 2 aromatic heterocycles. The van der Waals surface area contributed by atoms with Crippen LogP contribution in [0.5, 0.6) is 0 Å². The average molecular weight is 373 g/mol. The predicted octanol–water partition coefficient (Wildman–Crippen LogP) is 2.15. The lowest BCUT2D eigenvalue weighted by Gasteiger charge is -2.28. The second-order valence-corrected chi connectivity index (χ2v) is 7.60. The molecule has 0 fully saturated rings. The van der Waals surface area contributed by atoms with Gasteiger partial charge in [-0.3, -0.25) is 14.3 Å². The number of fused-ring (bicyclic) bond motifs is 2. The van der Waals surface area contributed by atoms with Gasteiger partial charge in [-0.2, -0.15) is 4.52 Å². The number of nitrogens with zero attached hydrogens (tertiary/aromatic N) is 6. The molecule has 136 valence electrons. The number of aromatic nitrogens is 5. The summed E-state index contributed by atoms with van der Waals surface area (Å²) in [4.78, 5) is 15.0. The number of halogens is 1. The van der Waals surface area contributed by atoms with Gasteiger partial charge in [-0.25, -0.2) is 0 Å². The summed E-state index contributed by atoms with van der Waals surface area (Å²) >= 11 is 5.96. The van der Waals surface area contributed by atoms with E-state index in [2.05, 4.69) is 34.0 Å². The summed E-state index contributed by atoms with van der Waals surface area (Å²) in [5.41, 5.74) is 1.40. The van der Waals surface area contributed by atoms with Gasteiger partial charge < -0.3 is 0 Å². The van der Waals surface area contributed by atoms with Crippen LogP contribution in [-0.2, 0) is 26.1 Å². The molecule has 3 aromatic rings. The van der Waals surface area contributed by atoms with Gasteiger partial charge in [0.05, 0.1) is 6.54 Å². The van der Waals surface area contributed by atoms with Crippen LogP contribution in [-0.4, -0.2) is 35.8 Å². The van der Waals surface area contributed by atoms with E-state index in [1.807, 2.05) is 24.3 Å². The van der Waals surface area contributed by atoms with E-state index in [9.17, 15) is 4.79 Å². The van der Waals surface area contributed by atoms with E-state index in [4.69, 9.17) is 11.6 Å². The highest BCUT2D eigenvalue weighted by atomic mass is 35.5. The Hall–Kier alpha value is -2.25. The summed E-state index contributed by atoms with van der Waals surface area (Å²) in [7, 11) is 0. The molecule has 8 heteroatoms. The molecule has 3 heterocycles. The van der Waals surface area contributed by atoms with Gasteiger partial charge in [0.1, 0.15) is 5.82 Å². The maximum atomic E-state index is 12.7. The molecule has 0 spiro atoms. The van der Waals surface area contributed by atoms with E-state index < -0.39 is 0 Å². The summed E-state index contributed by atoms with van der Waals surface area (Å²) in [5, 5.41) is 13.7. The zero-order valence-electron chi connectivity index (χ0n) is 14.9. The summed E-state index contributed by atoms with van der Waals surface area (Å²) in [6.45, 7) is 7.04.